The zero-order chi connectivity index (χ0) is 13.2. The number of ether oxygens (including phenoxy) is 1. The number of hydrogen-bond donors (Lipinski definition) is 1. The molecule has 2 nitrogen and oxygen atoms in total. The van der Waals surface area contributed by atoms with Crippen LogP contribution in [0.5, 0.6) is 5.75 Å². The molecule has 1 unspecified atom stereocenters. The predicted molar refractivity (Wildman–Crippen MR) is 66.2 cm³/mol. The van der Waals surface area contributed by atoms with Crippen LogP contribution in [0.4, 0.5) is 13.2 Å². The molecule has 0 spiro atoms. The largest absolute Gasteiger partial charge is 0.481 e. The molecule has 1 rings (SSSR count). The Morgan fingerprint density at radius 2 is 2.06 bits per heavy atom. The van der Waals surface area contributed by atoms with Crippen LogP contribution >= 0.6 is 28.1 Å². The Hall–Kier alpha value is -0.820. The monoisotopic (exact) mass is 327 g/mol. The average molecular weight is 328 g/mol. The van der Waals surface area contributed by atoms with Gasteiger partial charge in [0, 0.05) is 10.0 Å². The summed E-state index contributed by atoms with van der Waals surface area (Å²) in [5, 5.41) is 0. The van der Waals surface area contributed by atoms with Gasteiger partial charge in [-0.3, -0.25) is 0 Å². The van der Waals surface area contributed by atoms with Gasteiger partial charge >= 0.3 is 6.18 Å². The third-order valence-corrected chi connectivity index (χ3v) is 2.86. The first-order chi connectivity index (χ1) is 7.71. The third kappa shape index (κ3) is 3.85. The fraction of sp³-hybridized carbons (Fsp3) is 0.300. The molecule has 0 bridgehead atoms. The summed E-state index contributed by atoms with van der Waals surface area (Å²) in [6.45, 7) is 0.940. The van der Waals surface area contributed by atoms with E-state index in [0.29, 0.717) is 10.0 Å². The molecular formula is C10H9BrF3NOS. The van der Waals surface area contributed by atoms with Crippen molar-refractivity contribution >= 4 is 33.1 Å². The molecule has 0 heterocycles. The van der Waals surface area contributed by atoms with Gasteiger partial charge in [-0.2, -0.15) is 13.2 Å². The maximum atomic E-state index is 12.3. The van der Waals surface area contributed by atoms with E-state index in [2.05, 4.69) is 15.9 Å². The molecule has 1 aromatic carbocycles. The Morgan fingerprint density at radius 1 is 1.47 bits per heavy atom. The zero-order valence-electron chi connectivity index (χ0n) is 8.72. The predicted octanol–water partition coefficient (Wildman–Crippen LogP) is 3.41. The summed E-state index contributed by atoms with van der Waals surface area (Å²) < 4.78 is 42.0. The molecule has 0 saturated heterocycles. The first-order valence-corrected chi connectivity index (χ1v) is 5.74. The van der Waals surface area contributed by atoms with Crippen molar-refractivity contribution in [1.82, 2.24) is 0 Å². The Labute approximate surface area is 110 Å². The maximum absolute atomic E-state index is 12.3. The summed E-state index contributed by atoms with van der Waals surface area (Å²) in [6.07, 6.45) is -6.26. The lowest BCUT2D eigenvalue weighted by Gasteiger charge is -2.18. The van der Waals surface area contributed by atoms with Crippen molar-refractivity contribution in [3.8, 4) is 5.75 Å². The van der Waals surface area contributed by atoms with Gasteiger partial charge < -0.3 is 10.5 Å². The molecule has 0 fully saturated rings. The molecular weight excluding hydrogens is 319 g/mol. The fourth-order valence-electron chi connectivity index (χ4n) is 1.04. The van der Waals surface area contributed by atoms with E-state index < -0.39 is 12.3 Å². The highest BCUT2D eigenvalue weighted by molar-refractivity contribution is 9.10. The number of nitrogens with two attached hydrogens (primary N) is 1. The molecule has 0 aliphatic carbocycles. The van der Waals surface area contributed by atoms with Gasteiger partial charge in [0.15, 0.2) is 6.10 Å². The third-order valence-electron chi connectivity index (χ3n) is 1.98. The Kier molecular flexibility index (Phi) is 4.37. The number of halogens is 4. The number of hydrogen-bond acceptors (Lipinski definition) is 2. The van der Waals surface area contributed by atoms with E-state index >= 15 is 0 Å². The first-order valence-electron chi connectivity index (χ1n) is 4.54. The van der Waals surface area contributed by atoms with Gasteiger partial charge in [0.2, 0.25) is 0 Å². The van der Waals surface area contributed by atoms with Crippen LogP contribution in [0.25, 0.3) is 0 Å². The number of thiocarbonyl (C=S) groups is 1. The summed E-state index contributed by atoms with van der Waals surface area (Å²) in [5.74, 6) is 0.0988. The van der Waals surface area contributed by atoms with Gasteiger partial charge in [-0.25, -0.2) is 0 Å². The Bertz CT molecular complexity index is 436. The van der Waals surface area contributed by atoms with Crippen LogP contribution in [0.2, 0.25) is 0 Å². The summed E-state index contributed by atoms with van der Waals surface area (Å²) in [6, 6.07) is 4.29. The second kappa shape index (κ2) is 5.22. The van der Waals surface area contributed by atoms with Crippen molar-refractivity contribution in [3.63, 3.8) is 0 Å². The molecule has 1 aromatic rings. The molecule has 0 aliphatic heterocycles. The molecule has 7 heteroatoms. The normalized spacial score (nSPS) is 13.2. The van der Waals surface area contributed by atoms with Gasteiger partial charge in [-0.1, -0.05) is 12.2 Å². The summed E-state index contributed by atoms with van der Waals surface area (Å²) in [4.78, 5) is 0.160. The molecule has 0 saturated carbocycles. The smallest absolute Gasteiger partial charge is 0.425 e. The van der Waals surface area contributed by atoms with Crippen LogP contribution in [0.15, 0.2) is 22.7 Å². The van der Waals surface area contributed by atoms with Gasteiger partial charge in [0.25, 0.3) is 0 Å². The second-order valence-electron chi connectivity index (χ2n) is 3.31. The first kappa shape index (κ1) is 14.2. The van der Waals surface area contributed by atoms with Gasteiger partial charge in [0.1, 0.15) is 10.7 Å². The van der Waals surface area contributed by atoms with Crippen molar-refractivity contribution in [2.24, 2.45) is 5.73 Å². The van der Waals surface area contributed by atoms with Crippen LogP contribution < -0.4 is 10.5 Å². The van der Waals surface area contributed by atoms with Crippen molar-refractivity contribution in [2.75, 3.05) is 0 Å². The number of rotatable bonds is 3. The molecule has 2 N–H and O–H groups in total. The highest BCUT2D eigenvalue weighted by Gasteiger charge is 2.38. The average Bonchev–Trinajstić information content (AvgIpc) is 2.15. The Balaban J connectivity index is 2.88. The summed E-state index contributed by atoms with van der Waals surface area (Å²) in [5.41, 5.74) is 5.96. The van der Waals surface area contributed by atoms with Crippen LogP contribution in [0.1, 0.15) is 12.5 Å². The minimum Gasteiger partial charge on any atom is -0.481 e. The van der Waals surface area contributed by atoms with E-state index in [1.54, 1.807) is 0 Å². The quantitative estimate of drug-likeness (QED) is 0.864. The lowest BCUT2D eigenvalue weighted by atomic mass is 10.2. The van der Waals surface area contributed by atoms with Gasteiger partial charge in [-0.15, -0.1) is 0 Å². The SMILES string of the molecule is CC(Oc1ccc(C(N)=S)c(Br)c1)C(F)(F)F. The minimum atomic E-state index is -4.39. The molecule has 17 heavy (non-hydrogen) atoms. The van der Waals surface area contributed by atoms with Crippen LogP contribution in [-0.4, -0.2) is 17.3 Å². The Morgan fingerprint density at radius 3 is 2.47 bits per heavy atom. The topological polar surface area (TPSA) is 35.2 Å². The number of alkyl halides is 3. The van der Waals surface area contributed by atoms with E-state index in [4.69, 9.17) is 22.7 Å². The van der Waals surface area contributed by atoms with Gasteiger partial charge in [0.05, 0.1) is 0 Å². The molecule has 0 aliphatic rings. The zero-order valence-corrected chi connectivity index (χ0v) is 11.1. The van der Waals surface area contributed by atoms with E-state index in [1.165, 1.54) is 18.2 Å². The van der Waals surface area contributed by atoms with Crippen LogP contribution in [-0.2, 0) is 0 Å². The molecule has 0 aromatic heterocycles. The fourth-order valence-corrected chi connectivity index (χ4v) is 1.92. The van der Waals surface area contributed by atoms with Crippen molar-refractivity contribution in [2.45, 2.75) is 19.2 Å². The molecule has 94 valence electrons. The standard InChI is InChI=1S/C10H9BrF3NOS/c1-5(10(12,13)14)16-6-2-3-7(9(15)17)8(11)4-6/h2-5H,1H3,(H2,15,17). The van der Waals surface area contributed by atoms with Crippen LogP contribution in [0.3, 0.4) is 0 Å². The highest BCUT2D eigenvalue weighted by atomic mass is 79.9. The highest BCUT2D eigenvalue weighted by Crippen LogP contribution is 2.28. The molecule has 0 radical (unpaired) electrons. The lowest BCUT2D eigenvalue weighted by Crippen LogP contribution is -2.31. The summed E-state index contributed by atoms with van der Waals surface area (Å²) in [7, 11) is 0. The van der Waals surface area contributed by atoms with E-state index in [0.717, 1.165) is 6.92 Å². The maximum Gasteiger partial charge on any atom is 0.425 e. The minimum absolute atomic E-state index is 0.0988. The number of benzene rings is 1. The molecule has 0 amide bonds. The van der Waals surface area contributed by atoms with Crippen molar-refractivity contribution in [1.29, 1.82) is 0 Å². The van der Waals surface area contributed by atoms with E-state index in [9.17, 15) is 13.2 Å². The second-order valence-corrected chi connectivity index (χ2v) is 4.60. The lowest BCUT2D eigenvalue weighted by molar-refractivity contribution is -0.189. The summed E-state index contributed by atoms with van der Waals surface area (Å²) >= 11 is 7.93. The van der Waals surface area contributed by atoms with E-state index in [-0.39, 0.29) is 10.7 Å². The van der Waals surface area contributed by atoms with Crippen LogP contribution in [0, 0.1) is 0 Å². The molecule has 1 atom stereocenters. The van der Waals surface area contributed by atoms with Gasteiger partial charge in [-0.05, 0) is 41.1 Å². The van der Waals surface area contributed by atoms with Crippen molar-refractivity contribution < 1.29 is 17.9 Å². The van der Waals surface area contributed by atoms with E-state index in [1.807, 2.05) is 0 Å². The van der Waals surface area contributed by atoms with Crippen molar-refractivity contribution in [3.05, 3.63) is 28.2 Å².